The summed E-state index contributed by atoms with van der Waals surface area (Å²) in [6.07, 6.45) is 6.39. The molecule has 2 N–H and O–H groups in total. The fourth-order valence-electron chi connectivity index (χ4n) is 2.07. The SMILES string of the molecule is OCc1ccc(NCc2cncn2C2CC2)cc1. The van der Waals surface area contributed by atoms with E-state index in [0.717, 1.165) is 17.8 Å². The van der Waals surface area contributed by atoms with Crippen molar-refractivity contribution < 1.29 is 5.11 Å². The molecule has 0 aliphatic heterocycles. The number of hydrogen-bond acceptors (Lipinski definition) is 3. The third-order valence-electron chi connectivity index (χ3n) is 3.30. The zero-order valence-electron chi connectivity index (χ0n) is 10.2. The smallest absolute Gasteiger partial charge is 0.0951 e. The predicted molar refractivity (Wildman–Crippen MR) is 70.2 cm³/mol. The van der Waals surface area contributed by atoms with Crippen molar-refractivity contribution in [3.05, 3.63) is 48.0 Å². The van der Waals surface area contributed by atoms with Gasteiger partial charge in [0.05, 0.1) is 25.2 Å². The zero-order valence-corrected chi connectivity index (χ0v) is 10.2. The number of aliphatic hydroxyl groups excluding tert-OH is 1. The van der Waals surface area contributed by atoms with Crippen molar-refractivity contribution in [1.29, 1.82) is 0 Å². The van der Waals surface area contributed by atoms with E-state index in [1.165, 1.54) is 18.5 Å². The molecule has 1 fully saturated rings. The molecule has 0 saturated heterocycles. The lowest BCUT2D eigenvalue weighted by Gasteiger charge is -2.09. The van der Waals surface area contributed by atoms with Crippen LogP contribution in [0.1, 0.15) is 30.1 Å². The number of hydrogen-bond donors (Lipinski definition) is 2. The molecule has 18 heavy (non-hydrogen) atoms. The molecule has 1 aliphatic carbocycles. The number of aromatic nitrogens is 2. The van der Waals surface area contributed by atoms with Crippen molar-refractivity contribution in [2.24, 2.45) is 0 Å². The van der Waals surface area contributed by atoms with Crippen molar-refractivity contribution in [1.82, 2.24) is 9.55 Å². The minimum absolute atomic E-state index is 0.0920. The molecule has 0 bridgehead atoms. The number of nitrogens with one attached hydrogen (secondary N) is 1. The summed E-state index contributed by atoms with van der Waals surface area (Å²) in [6, 6.07) is 8.51. The van der Waals surface area contributed by atoms with Crippen LogP contribution >= 0.6 is 0 Å². The molecule has 1 aliphatic rings. The van der Waals surface area contributed by atoms with E-state index in [9.17, 15) is 0 Å². The largest absolute Gasteiger partial charge is 0.392 e. The van der Waals surface area contributed by atoms with Crippen molar-refractivity contribution in [3.63, 3.8) is 0 Å². The van der Waals surface area contributed by atoms with Crippen LogP contribution in [0.5, 0.6) is 0 Å². The molecule has 0 unspecified atom stereocenters. The Balaban J connectivity index is 1.64. The molecule has 0 amide bonds. The summed E-state index contributed by atoms with van der Waals surface area (Å²) in [5.41, 5.74) is 3.23. The van der Waals surface area contributed by atoms with Crippen LogP contribution in [-0.2, 0) is 13.2 Å². The van der Waals surface area contributed by atoms with Crippen molar-refractivity contribution in [2.75, 3.05) is 5.32 Å². The average Bonchev–Trinajstić information content (AvgIpc) is 3.16. The molecule has 2 aromatic rings. The van der Waals surface area contributed by atoms with Crippen LogP contribution < -0.4 is 5.32 Å². The molecule has 0 spiro atoms. The van der Waals surface area contributed by atoms with Gasteiger partial charge < -0.3 is 15.0 Å². The Morgan fingerprint density at radius 2 is 2.06 bits per heavy atom. The lowest BCUT2D eigenvalue weighted by Crippen LogP contribution is -2.05. The summed E-state index contributed by atoms with van der Waals surface area (Å²) >= 11 is 0. The van der Waals surface area contributed by atoms with Gasteiger partial charge in [-0.3, -0.25) is 0 Å². The molecule has 1 saturated carbocycles. The molecule has 4 nitrogen and oxygen atoms in total. The van der Waals surface area contributed by atoms with Crippen molar-refractivity contribution in [2.45, 2.75) is 32.0 Å². The first-order valence-corrected chi connectivity index (χ1v) is 6.31. The van der Waals surface area contributed by atoms with Crippen LogP contribution in [0, 0.1) is 0 Å². The van der Waals surface area contributed by atoms with Crippen LogP contribution in [0.4, 0.5) is 5.69 Å². The van der Waals surface area contributed by atoms with E-state index in [0.29, 0.717) is 6.04 Å². The standard InChI is InChI=1S/C14H17N3O/c18-9-11-1-3-12(4-2-11)16-8-14-7-15-10-17(14)13-5-6-13/h1-4,7,10,13,16,18H,5-6,8-9H2. The van der Waals surface area contributed by atoms with E-state index in [-0.39, 0.29) is 6.61 Å². The van der Waals surface area contributed by atoms with Gasteiger partial charge in [-0.25, -0.2) is 4.98 Å². The van der Waals surface area contributed by atoms with Crippen molar-refractivity contribution >= 4 is 5.69 Å². The lowest BCUT2D eigenvalue weighted by molar-refractivity contribution is 0.282. The van der Waals surface area contributed by atoms with Gasteiger partial charge >= 0.3 is 0 Å². The molecule has 0 radical (unpaired) electrons. The number of rotatable bonds is 5. The Bertz CT molecular complexity index is 514. The van der Waals surface area contributed by atoms with Gasteiger partial charge in [-0.05, 0) is 30.5 Å². The monoisotopic (exact) mass is 243 g/mol. The topological polar surface area (TPSA) is 50.1 Å². The van der Waals surface area contributed by atoms with Crippen LogP contribution in [0.25, 0.3) is 0 Å². The average molecular weight is 243 g/mol. The summed E-state index contributed by atoms with van der Waals surface area (Å²) in [5.74, 6) is 0. The lowest BCUT2D eigenvalue weighted by atomic mass is 10.2. The molecule has 3 rings (SSSR count). The summed E-state index contributed by atoms with van der Waals surface area (Å²) in [7, 11) is 0. The summed E-state index contributed by atoms with van der Waals surface area (Å²) in [6.45, 7) is 0.879. The highest BCUT2D eigenvalue weighted by Crippen LogP contribution is 2.35. The third-order valence-corrected chi connectivity index (χ3v) is 3.30. The fraction of sp³-hybridized carbons (Fsp3) is 0.357. The minimum atomic E-state index is 0.0920. The Hall–Kier alpha value is -1.81. The second-order valence-corrected chi connectivity index (χ2v) is 4.73. The summed E-state index contributed by atoms with van der Waals surface area (Å²) < 4.78 is 2.26. The van der Waals surface area contributed by atoms with Crippen LogP contribution in [0.2, 0.25) is 0 Å². The predicted octanol–water partition coefficient (Wildman–Crippen LogP) is 2.32. The maximum Gasteiger partial charge on any atom is 0.0951 e. The Morgan fingerprint density at radius 1 is 1.28 bits per heavy atom. The van der Waals surface area contributed by atoms with Gasteiger partial charge in [0, 0.05) is 17.9 Å². The van der Waals surface area contributed by atoms with E-state index >= 15 is 0 Å². The van der Waals surface area contributed by atoms with E-state index < -0.39 is 0 Å². The molecular formula is C14H17N3O. The number of anilines is 1. The maximum atomic E-state index is 8.98. The first-order valence-electron chi connectivity index (χ1n) is 6.31. The quantitative estimate of drug-likeness (QED) is 0.847. The van der Waals surface area contributed by atoms with Crippen LogP contribution in [0.3, 0.4) is 0 Å². The highest BCUT2D eigenvalue weighted by Gasteiger charge is 2.24. The van der Waals surface area contributed by atoms with Gasteiger partial charge in [0.25, 0.3) is 0 Å². The van der Waals surface area contributed by atoms with E-state index in [4.69, 9.17) is 5.11 Å². The van der Waals surface area contributed by atoms with Gasteiger partial charge in [-0.15, -0.1) is 0 Å². The molecule has 1 aromatic carbocycles. The van der Waals surface area contributed by atoms with Gasteiger partial charge in [0.15, 0.2) is 0 Å². The Kier molecular flexibility index (Phi) is 3.02. The van der Waals surface area contributed by atoms with E-state index in [1.54, 1.807) is 0 Å². The van der Waals surface area contributed by atoms with E-state index in [2.05, 4.69) is 14.9 Å². The normalized spacial score (nSPS) is 14.7. The van der Waals surface area contributed by atoms with Gasteiger partial charge in [-0.1, -0.05) is 12.1 Å². The Labute approximate surface area is 106 Å². The summed E-state index contributed by atoms with van der Waals surface area (Å²) in [5, 5.41) is 12.4. The highest BCUT2D eigenvalue weighted by molar-refractivity contribution is 5.44. The third kappa shape index (κ3) is 2.38. The van der Waals surface area contributed by atoms with Crippen LogP contribution in [0.15, 0.2) is 36.8 Å². The first kappa shape index (κ1) is 11.3. The second-order valence-electron chi connectivity index (χ2n) is 4.73. The van der Waals surface area contributed by atoms with Crippen molar-refractivity contribution in [3.8, 4) is 0 Å². The number of imidazole rings is 1. The number of benzene rings is 1. The molecular weight excluding hydrogens is 226 g/mol. The Morgan fingerprint density at radius 3 is 2.72 bits per heavy atom. The van der Waals surface area contributed by atoms with Gasteiger partial charge in [-0.2, -0.15) is 0 Å². The van der Waals surface area contributed by atoms with Gasteiger partial charge in [0.2, 0.25) is 0 Å². The van der Waals surface area contributed by atoms with Gasteiger partial charge in [0.1, 0.15) is 0 Å². The highest BCUT2D eigenvalue weighted by atomic mass is 16.3. The molecule has 94 valence electrons. The first-order chi connectivity index (χ1) is 8.86. The maximum absolute atomic E-state index is 8.98. The molecule has 4 heteroatoms. The molecule has 1 aromatic heterocycles. The number of nitrogens with zero attached hydrogens (tertiary/aromatic N) is 2. The fourth-order valence-corrected chi connectivity index (χ4v) is 2.07. The molecule has 1 heterocycles. The minimum Gasteiger partial charge on any atom is -0.392 e. The number of aliphatic hydroxyl groups is 1. The zero-order chi connectivity index (χ0) is 12.4. The molecule has 0 atom stereocenters. The van der Waals surface area contributed by atoms with E-state index in [1.807, 2.05) is 36.8 Å². The van der Waals surface area contributed by atoms with Crippen LogP contribution in [-0.4, -0.2) is 14.7 Å². The second kappa shape index (κ2) is 4.82. The summed E-state index contributed by atoms with van der Waals surface area (Å²) in [4.78, 5) is 4.21.